The molecule has 0 radical (unpaired) electrons. The highest BCUT2D eigenvalue weighted by molar-refractivity contribution is 14.0. The zero-order chi connectivity index (χ0) is 19.0. The third-order valence-corrected chi connectivity index (χ3v) is 5.68. The van der Waals surface area contributed by atoms with Crippen LogP contribution in [0.1, 0.15) is 30.3 Å². The highest BCUT2D eigenvalue weighted by Crippen LogP contribution is 2.51. The van der Waals surface area contributed by atoms with Crippen molar-refractivity contribution in [2.45, 2.75) is 29.4 Å². The van der Waals surface area contributed by atoms with E-state index in [0.717, 1.165) is 19.0 Å². The number of hydrogen-bond acceptors (Lipinski definition) is 4. The molecule has 1 aromatic carbocycles. The van der Waals surface area contributed by atoms with E-state index < -0.39 is 0 Å². The second-order valence-electron chi connectivity index (χ2n) is 6.45. The van der Waals surface area contributed by atoms with Crippen LogP contribution in [0.15, 0.2) is 63.0 Å². The van der Waals surface area contributed by atoms with Crippen LogP contribution in [0.5, 0.6) is 0 Å². The Kier molecular flexibility index (Phi) is 9.17. The van der Waals surface area contributed by atoms with Crippen molar-refractivity contribution in [3.05, 3.63) is 54.5 Å². The number of rotatable bonds is 9. The maximum atomic E-state index is 11.8. The molecular weight excluding hydrogens is 487 g/mol. The molecule has 0 saturated heterocycles. The Labute approximate surface area is 187 Å². The molecule has 1 heterocycles. The Morgan fingerprint density at radius 1 is 1.11 bits per heavy atom. The quantitative estimate of drug-likeness (QED) is 0.207. The normalized spacial score (nSPS) is 14.7. The first-order chi connectivity index (χ1) is 13.2. The maximum absolute atomic E-state index is 11.8. The van der Waals surface area contributed by atoms with Gasteiger partial charge in [-0.3, -0.25) is 9.79 Å². The van der Waals surface area contributed by atoms with Crippen molar-refractivity contribution in [1.82, 2.24) is 16.0 Å². The van der Waals surface area contributed by atoms with E-state index in [1.54, 1.807) is 12.1 Å². The van der Waals surface area contributed by atoms with Crippen molar-refractivity contribution in [2.75, 3.05) is 26.2 Å². The van der Waals surface area contributed by atoms with Crippen LogP contribution < -0.4 is 16.0 Å². The van der Waals surface area contributed by atoms with E-state index in [4.69, 9.17) is 9.41 Å². The second-order valence-corrected chi connectivity index (χ2v) is 7.99. The molecule has 3 N–H and O–H groups in total. The van der Waals surface area contributed by atoms with Gasteiger partial charge in [0.15, 0.2) is 11.7 Å². The summed E-state index contributed by atoms with van der Waals surface area (Å²) in [7, 11) is 0. The van der Waals surface area contributed by atoms with Crippen LogP contribution in [0, 0.1) is 0 Å². The van der Waals surface area contributed by atoms with Gasteiger partial charge in [0, 0.05) is 29.3 Å². The zero-order valence-electron chi connectivity index (χ0n) is 15.9. The first kappa shape index (κ1) is 22.6. The highest BCUT2D eigenvalue weighted by atomic mass is 127. The Bertz CT molecular complexity index is 749. The lowest BCUT2D eigenvalue weighted by molar-refractivity contribution is 0.0926. The SMILES string of the molecule is CCNC(=NCC1(Sc2ccccc2)CC1)NCCNC(=O)c1ccco1.I. The van der Waals surface area contributed by atoms with Crippen LogP contribution in [0.25, 0.3) is 0 Å². The molecule has 0 atom stereocenters. The number of hydrogen-bond donors (Lipinski definition) is 3. The van der Waals surface area contributed by atoms with E-state index in [1.165, 1.54) is 24.0 Å². The van der Waals surface area contributed by atoms with Crippen LogP contribution in [0.4, 0.5) is 0 Å². The Hall–Kier alpha value is -1.68. The predicted molar refractivity (Wildman–Crippen MR) is 125 cm³/mol. The molecule has 28 heavy (non-hydrogen) atoms. The molecule has 8 heteroatoms. The van der Waals surface area contributed by atoms with Crippen molar-refractivity contribution < 1.29 is 9.21 Å². The summed E-state index contributed by atoms with van der Waals surface area (Å²) >= 11 is 1.92. The van der Waals surface area contributed by atoms with E-state index >= 15 is 0 Å². The van der Waals surface area contributed by atoms with Crippen LogP contribution in [-0.2, 0) is 0 Å². The van der Waals surface area contributed by atoms with Gasteiger partial charge in [-0.2, -0.15) is 0 Å². The third kappa shape index (κ3) is 7.05. The summed E-state index contributed by atoms with van der Waals surface area (Å²) < 4.78 is 5.29. The summed E-state index contributed by atoms with van der Waals surface area (Å²) in [5.41, 5.74) is 0. The van der Waals surface area contributed by atoms with Gasteiger partial charge in [-0.25, -0.2) is 0 Å². The van der Waals surface area contributed by atoms with Crippen molar-refractivity contribution >= 4 is 47.6 Å². The number of guanidine groups is 1. The predicted octanol–water partition coefficient (Wildman–Crippen LogP) is 3.51. The molecule has 1 fully saturated rings. The van der Waals surface area contributed by atoms with E-state index in [0.29, 0.717) is 18.8 Å². The fourth-order valence-corrected chi connectivity index (χ4v) is 3.82. The molecule has 152 valence electrons. The number of carbonyl (C=O) groups is 1. The standard InChI is InChI=1S/C20H26N4O2S.HI/c1-2-21-19(23-13-12-22-18(25)17-9-6-14-26-17)24-15-20(10-11-20)27-16-7-4-3-5-8-16;/h3-9,14H,2,10-13,15H2,1H3,(H,22,25)(H2,21,23,24);1H. The van der Waals surface area contributed by atoms with Gasteiger partial charge in [0.05, 0.1) is 12.8 Å². The molecule has 1 amide bonds. The van der Waals surface area contributed by atoms with E-state index in [9.17, 15) is 4.79 Å². The molecule has 1 saturated carbocycles. The van der Waals surface area contributed by atoms with Crippen molar-refractivity contribution in [3.8, 4) is 0 Å². The average Bonchev–Trinajstić information content (AvgIpc) is 3.21. The van der Waals surface area contributed by atoms with Crippen LogP contribution in [0.2, 0.25) is 0 Å². The van der Waals surface area contributed by atoms with Gasteiger partial charge in [0.1, 0.15) is 0 Å². The maximum Gasteiger partial charge on any atom is 0.287 e. The lowest BCUT2D eigenvalue weighted by Crippen LogP contribution is -2.42. The van der Waals surface area contributed by atoms with Gasteiger partial charge in [-0.05, 0) is 44.0 Å². The second kappa shape index (κ2) is 11.4. The number of carbonyl (C=O) groups excluding carboxylic acids is 1. The molecular formula is C20H27IN4O2S. The summed E-state index contributed by atoms with van der Waals surface area (Å²) in [5, 5.41) is 9.35. The third-order valence-electron chi connectivity index (χ3n) is 4.20. The van der Waals surface area contributed by atoms with Gasteiger partial charge >= 0.3 is 0 Å². The molecule has 2 aromatic rings. The van der Waals surface area contributed by atoms with Gasteiger partial charge in [0.2, 0.25) is 0 Å². The minimum Gasteiger partial charge on any atom is -0.459 e. The summed E-state index contributed by atoms with van der Waals surface area (Å²) in [6, 6.07) is 13.8. The Morgan fingerprint density at radius 2 is 1.86 bits per heavy atom. The number of nitrogens with one attached hydrogen (secondary N) is 3. The van der Waals surface area contributed by atoms with Gasteiger partial charge in [0.25, 0.3) is 5.91 Å². The number of furan rings is 1. The molecule has 1 aliphatic carbocycles. The highest BCUT2D eigenvalue weighted by Gasteiger charge is 2.43. The summed E-state index contributed by atoms with van der Waals surface area (Å²) in [4.78, 5) is 17.9. The minimum absolute atomic E-state index is 0. The van der Waals surface area contributed by atoms with E-state index in [-0.39, 0.29) is 34.6 Å². The van der Waals surface area contributed by atoms with Crippen molar-refractivity contribution in [1.29, 1.82) is 0 Å². The summed E-state index contributed by atoms with van der Waals surface area (Å²) in [5.74, 6) is 0.897. The minimum atomic E-state index is -0.208. The van der Waals surface area contributed by atoms with Gasteiger partial charge in [-0.1, -0.05) is 18.2 Å². The topological polar surface area (TPSA) is 78.7 Å². The Balaban J connectivity index is 0.00000280. The molecule has 0 unspecified atom stereocenters. The van der Waals surface area contributed by atoms with Crippen LogP contribution >= 0.6 is 35.7 Å². The number of amides is 1. The number of halogens is 1. The first-order valence-electron chi connectivity index (χ1n) is 9.29. The summed E-state index contributed by atoms with van der Waals surface area (Å²) in [6.07, 6.45) is 3.87. The lowest BCUT2D eigenvalue weighted by Gasteiger charge is -2.15. The molecule has 6 nitrogen and oxygen atoms in total. The number of nitrogens with zero attached hydrogens (tertiary/aromatic N) is 1. The number of benzene rings is 1. The monoisotopic (exact) mass is 514 g/mol. The molecule has 3 rings (SSSR count). The van der Waals surface area contributed by atoms with Crippen LogP contribution in [-0.4, -0.2) is 42.8 Å². The van der Waals surface area contributed by atoms with Gasteiger partial charge in [-0.15, -0.1) is 35.7 Å². The fraction of sp³-hybridized carbons (Fsp3) is 0.400. The summed E-state index contributed by atoms with van der Waals surface area (Å²) in [6.45, 7) is 4.70. The lowest BCUT2D eigenvalue weighted by atomic mass is 10.4. The first-order valence-corrected chi connectivity index (χ1v) is 10.1. The molecule has 0 aliphatic heterocycles. The number of thioether (sulfide) groups is 1. The van der Waals surface area contributed by atoms with Gasteiger partial charge < -0.3 is 20.4 Å². The number of aliphatic imine (C=N–C) groups is 1. The molecule has 1 aromatic heterocycles. The molecule has 0 bridgehead atoms. The van der Waals surface area contributed by atoms with Crippen molar-refractivity contribution in [3.63, 3.8) is 0 Å². The van der Waals surface area contributed by atoms with E-state index in [2.05, 4.69) is 40.2 Å². The van der Waals surface area contributed by atoms with E-state index in [1.807, 2.05) is 24.8 Å². The molecule has 1 aliphatic rings. The zero-order valence-corrected chi connectivity index (χ0v) is 19.1. The Morgan fingerprint density at radius 3 is 2.50 bits per heavy atom. The molecule has 0 spiro atoms. The average molecular weight is 514 g/mol. The van der Waals surface area contributed by atoms with Crippen molar-refractivity contribution in [2.24, 2.45) is 4.99 Å². The largest absolute Gasteiger partial charge is 0.459 e. The smallest absolute Gasteiger partial charge is 0.287 e. The fourth-order valence-electron chi connectivity index (χ4n) is 2.59. The van der Waals surface area contributed by atoms with Crippen LogP contribution in [0.3, 0.4) is 0 Å².